The summed E-state index contributed by atoms with van der Waals surface area (Å²) in [6.45, 7) is 1.95. The minimum absolute atomic E-state index is 0.0958. The Hall–Kier alpha value is -3.87. The first-order valence-corrected chi connectivity index (χ1v) is 9.16. The number of furan rings is 1. The zero-order valence-corrected chi connectivity index (χ0v) is 15.7. The molecule has 0 saturated heterocycles. The molecule has 7 heteroatoms. The van der Waals surface area contributed by atoms with E-state index in [4.69, 9.17) is 4.42 Å². The van der Waals surface area contributed by atoms with E-state index in [2.05, 4.69) is 10.6 Å². The van der Waals surface area contributed by atoms with E-state index in [-0.39, 0.29) is 18.1 Å². The van der Waals surface area contributed by atoms with Gasteiger partial charge in [0.05, 0.1) is 24.1 Å². The average Bonchev–Trinajstić information content (AvgIpc) is 3.25. The number of nitrogens with zero attached hydrogens (tertiary/aromatic N) is 1. The quantitative estimate of drug-likeness (QED) is 0.713. The molecule has 3 aromatic rings. The second-order valence-corrected chi connectivity index (χ2v) is 6.79. The Balaban J connectivity index is 1.62. The molecular weight excluding hydrogens is 370 g/mol. The van der Waals surface area contributed by atoms with Gasteiger partial charge in [-0.3, -0.25) is 19.3 Å². The minimum atomic E-state index is -1.01. The lowest BCUT2D eigenvalue weighted by atomic mass is 10.0. The number of hydrogen-bond acceptors (Lipinski definition) is 4. The van der Waals surface area contributed by atoms with Gasteiger partial charge in [0.2, 0.25) is 11.8 Å². The molecule has 0 radical (unpaired) electrons. The molecule has 1 atom stereocenters. The Labute approximate surface area is 167 Å². The summed E-state index contributed by atoms with van der Waals surface area (Å²) in [7, 11) is 0. The topological polar surface area (TPSA) is 91.7 Å². The van der Waals surface area contributed by atoms with Gasteiger partial charge in [0.1, 0.15) is 6.04 Å². The number of fused-ring (bicyclic) bond motifs is 1. The van der Waals surface area contributed by atoms with Crippen molar-refractivity contribution in [3.63, 3.8) is 0 Å². The second kappa shape index (κ2) is 7.63. The van der Waals surface area contributed by atoms with Gasteiger partial charge in [0, 0.05) is 5.69 Å². The van der Waals surface area contributed by atoms with Crippen molar-refractivity contribution in [2.45, 2.75) is 19.4 Å². The van der Waals surface area contributed by atoms with Crippen molar-refractivity contribution in [3.05, 3.63) is 78.3 Å². The maximum atomic E-state index is 13.1. The van der Waals surface area contributed by atoms with E-state index in [1.54, 1.807) is 42.5 Å². The molecule has 4 rings (SSSR count). The molecule has 7 nitrogen and oxygen atoms in total. The Bertz CT molecular complexity index is 1060. The zero-order chi connectivity index (χ0) is 20.4. The van der Waals surface area contributed by atoms with Crippen molar-refractivity contribution in [2.24, 2.45) is 0 Å². The number of carbonyl (C=O) groups excluding carboxylic acids is 3. The maximum Gasteiger partial charge on any atom is 0.294 e. The highest BCUT2D eigenvalue weighted by atomic mass is 16.3. The van der Waals surface area contributed by atoms with Gasteiger partial charge in [-0.2, -0.15) is 0 Å². The van der Waals surface area contributed by atoms with Gasteiger partial charge in [0.15, 0.2) is 5.76 Å². The molecule has 3 amide bonds. The Kier molecular flexibility index (Phi) is 4.87. The lowest BCUT2D eigenvalue weighted by Gasteiger charge is -2.35. The molecule has 0 bridgehead atoms. The molecule has 0 fully saturated rings. The Morgan fingerprint density at radius 1 is 1.07 bits per heavy atom. The van der Waals surface area contributed by atoms with Crippen LogP contribution in [-0.4, -0.2) is 23.8 Å². The number of carbonyl (C=O) groups is 3. The lowest BCUT2D eigenvalue weighted by molar-refractivity contribution is -0.122. The predicted molar refractivity (Wildman–Crippen MR) is 109 cm³/mol. The largest absolute Gasteiger partial charge is 0.459 e. The monoisotopic (exact) mass is 389 g/mol. The number of rotatable bonds is 4. The smallest absolute Gasteiger partial charge is 0.294 e. The van der Waals surface area contributed by atoms with E-state index in [1.165, 1.54) is 17.2 Å². The molecular formula is C22H19N3O4. The fourth-order valence-corrected chi connectivity index (χ4v) is 3.27. The van der Waals surface area contributed by atoms with Crippen molar-refractivity contribution in [3.8, 4) is 0 Å². The van der Waals surface area contributed by atoms with Gasteiger partial charge >= 0.3 is 0 Å². The molecule has 2 heterocycles. The van der Waals surface area contributed by atoms with Gasteiger partial charge in [-0.25, -0.2) is 0 Å². The highest BCUT2D eigenvalue weighted by Crippen LogP contribution is 2.34. The summed E-state index contributed by atoms with van der Waals surface area (Å²) in [6, 6.07) is 16.4. The van der Waals surface area contributed by atoms with Crippen molar-refractivity contribution >= 4 is 34.8 Å². The first-order valence-electron chi connectivity index (χ1n) is 9.16. The van der Waals surface area contributed by atoms with Crippen molar-refractivity contribution in [1.82, 2.24) is 0 Å². The van der Waals surface area contributed by atoms with E-state index in [0.717, 1.165) is 5.56 Å². The number of anilines is 3. The number of amides is 3. The maximum absolute atomic E-state index is 13.1. The zero-order valence-electron chi connectivity index (χ0n) is 15.7. The first-order chi connectivity index (χ1) is 14.0. The number of nitrogens with one attached hydrogen (secondary N) is 2. The third-order valence-electron chi connectivity index (χ3n) is 4.70. The highest BCUT2D eigenvalue weighted by molar-refractivity contribution is 6.17. The molecule has 29 heavy (non-hydrogen) atoms. The minimum Gasteiger partial charge on any atom is -0.459 e. The van der Waals surface area contributed by atoms with Gasteiger partial charge in [-0.1, -0.05) is 29.8 Å². The van der Waals surface area contributed by atoms with Crippen LogP contribution in [0.25, 0.3) is 0 Å². The molecule has 0 aliphatic carbocycles. The fourth-order valence-electron chi connectivity index (χ4n) is 3.27. The number of hydrogen-bond donors (Lipinski definition) is 2. The van der Waals surface area contributed by atoms with Crippen LogP contribution in [0.3, 0.4) is 0 Å². The molecule has 0 saturated carbocycles. The van der Waals surface area contributed by atoms with Gasteiger partial charge in [0.25, 0.3) is 5.91 Å². The normalized spacial score (nSPS) is 15.4. The van der Waals surface area contributed by atoms with Crippen molar-refractivity contribution < 1.29 is 18.8 Å². The summed E-state index contributed by atoms with van der Waals surface area (Å²) in [6.07, 6.45) is 1.20. The second-order valence-electron chi connectivity index (χ2n) is 6.79. The van der Waals surface area contributed by atoms with Crippen LogP contribution in [0.2, 0.25) is 0 Å². The van der Waals surface area contributed by atoms with E-state index in [9.17, 15) is 14.4 Å². The van der Waals surface area contributed by atoms with Crippen LogP contribution >= 0.6 is 0 Å². The van der Waals surface area contributed by atoms with E-state index in [1.807, 2.05) is 19.1 Å². The number of para-hydroxylation sites is 2. The van der Waals surface area contributed by atoms with E-state index < -0.39 is 17.9 Å². The van der Waals surface area contributed by atoms with Crippen LogP contribution < -0.4 is 15.5 Å². The SMILES string of the molecule is Cc1ccc(NC(=O)CC2C(=O)Nc3ccccc3N2C(=O)c2ccco2)cc1. The van der Waals surface area contributed by atoms with Crippen LogP contribution in [0.15, 0.2) is 71.3 Å². The summed E-state index contributed by atoms with van der Waals surface area (Å²) in [5, 5.41) is 5.55. The molecule has 1 aromatic heterocycles. The third kappa shape index (κ3) is 3.75. The molecule has 2 aromatic carbocycles. The summed E-state index contributed by atoms with van der Waals surface area (Å²) >= 11 is 0. The van der Waals surface area contributed by atoms with Gasteiger partial charge < -0.3 is 15.1 Å². The van der Waals surface area contributed by atoms with Gasteiger partial charge in [-0.05, 0) is 43.3 Å². The van der Waals surface area contributed by atoms with Crippen LogP contribution in [-0.2, 0) is 9.59 Å². The van der Waals surface area contributed by atoms with Crippen LogP contribution in [0.5, 0.6) is 0 Å². The Morgan fingerprint density at radius 3 is 2.55 bits per heavy atom. The van der Waals surface area contributed by atoms with E-state index in [0.29, 0.717) is 17.1 Å². The Morgan fingerprint density at radius 2 is 1.83 bits per heavy atom. The lowest BCUT2D eigenvalue weighted by Crippen LogP contribution is -2.52. The average molecular weight is 389 g/mol. The third-order valence-corrected chi connectivity index (χ3v) is 4.70. The summed E-state index contributed by atoms with van der Waals surface area (Å²) < 4.78 is 5.24. The van der Waals surface area contributed by atoms with Crippen LogP contribution in [0, 0.1) is 6.92 Å². The summed E-state index contributed by atoms with van der Waals surface area (Å²) in [5.41, 5.74) is 2.72. The summed E-state index contributed by atoms with van der Waals surface area (Å²) in [5.74, 6) is -1.18. The predicted octanol–water partition coefficient (Wildman–Crippen LogP) is 3.58. The molecule has 146 valence electrons. The number of aryl methyl sites for hydroxylation is 1. The van der Waals surface area contributed by atoms with Crippen molar-refractivity contribution in [1.29, 1.82) is 0 Å². The van der Waals surface area contributed by atoms with Crippen LogP contribution in [0.1, 0.15) is 22.5 Å². The first kappa shape index (κ1) is 18.5. The standard InChI is InChI=1S/C22H19N3O4/c1-14-8-10-15(11-9-14)23-20(26)13-18-21(27)24-16-5-2-3-6-17(16)25(18)22(28)19-7-4-12-29-19/h2-12,18H,13H2,1H3,(H,23,26)(H,24,27). The van der Waals surface area contributed by atoms with E-state index >= 15 is 0 Å². The number of benzene rings is 2. The van der Waals surface area contributed by atoms with Gasteiger partial charge in [-0.15, -0.1) is 0 Å². The summed E-state index contributed by atoms with van der Waals surface area (Å²) in [4.78, 5) is 39.8. The molecule has 1 aliphatic rings. The van der Waals surface area contributed by atoms with Crippen LogP contribution in [0.4, 0.5) is 17.1 Å². The fraction of sp³-hybridized carbons (Fsp3) is 0.136. The molecule has 1 aliphatic heterocycles. The molecule has 2 N–H and O–H groups in total. The highest BCUT2D eigenvalue weighted by Gasteiger charge is 2.39. The molecule has 1 unspecified atom stereocenters. The molecule has 0 spiro atoms. The van der Waals surface area contributed by atoms with Crippen molar-refractivity contribution in [2.75, 3.05) is 15.5 Å².